The molecule has 0 bridgehead atoms. The number of aliphatic hydroxyl groups is 1. The molecule has 0 fully saturated rings. The molecular weight excluding hydrogens is 92.1 g/mol. The van der Waals surface area contributed by atoms with Gasteiger partial charge in [-0.15, -0.1) is 0 Å². The summed E-state index contributed by atoms with van der Waals surface area (Å²) in [5, 5.41) is 8.57. The summed E-state index contributed by atoms with van der Waals surface area (Å²) in [5.74, 6) is 0.278. The summed E-state index contributed by atoms with van der Waals surface area (Å²) in [6.45, 7) is 1.57. The predicted molar refractivity (Wildman–Crippen MR) is 29.2 cm³/mol. The van der Waals surface area contributed by atoms with Crippen LogP contribution in [0.25, 0.3) is 0 Å². The van der Waals surface area contributed by atoms with Crippen LogP contribution in [0.15, 0.2) is 4.99 Å². The van der Waals surface area contributed by atoms with E-state index >= 15 is 0 Å². The zero-order valence-electron chi connectivity index (χ0n) is 4.55. The van der Waals surface area contributed by atoms with Crippen molar-refractivity contribution in [3.8, 4) is 0 Å². The van der Waals surface area contributed by atoms with Crippen molar-refractivity contribution >= 4 is 5.84 Å². The Morgan fingerprint density at radius 1 is 1.86 bits per heavy atom. The Morgan fingerprint density at radius 3 is 2.29 bits per heavy atom. The van der Waals surface area contributed by atoms with Gasteiger partial charge in [-0.3, -0.25) is 4.99 Å². The maximum atomic E-state index is 8.57. The van der Waals surface area contributed by atoms with E-state index in [1.807, 2.05) is 0 Å². The fourth-order valence-electron chi connectivity index (χ4n) is 0.187. The van der Waals surface area contributed by atoms with Gasteiger partial charge < -0.3 is 10.8 Å². The van der Waals surface area contributed by atoms with Gasteiger partial charge in [-0.05, 0) is 6.92 Å². The lowest BCUT2D eigenvalue weighted by atomic mass is 10.4. The van der Waals surface area contributed by atoms with E-state index in [2.05, 4.69) is 4.99 Å². The number of amidine groups is 1. The van der Waals surface area contributed by atoms with Crippen molar-refractivity contribution in [1.29, 1.82) is 0 Å². The molecule has 0 amide bonds. The third kappa shape index (κ3) is 2.17. The van der Waals surface area contributed by atoms with Crippen molar-refractivity contribution in [1.82, 2.24) is 0 Å². The van der Waals surface area contributed by atoms with Crippen LogP contribution in [-0.2, 0) is 0 Å². The minimum atomic E-state index is -0.606. The Bertz CT molecular complexity index is 77.8. The Hall–Kier alpha value is -0.570. The molecule has 0 aromatic carbocycles. The van der Waals surface area contributed by atoms with Crippen molar-refractivity contribution in [2.45, 2.75) is 13.0 Å². The van der Waals surface area contributed by atoms with Gasteiger partial charge in [-0.2, -0.15) is 0 Å². The lowest BCUT2D eigenvalue weighted by molar-refractivity contribution is 0.260. The van der Waals surface area contributed by atoms with Crippen molar-refractivity contribution in [2.75, 3.05) is 7.05 Å². The largest absolute Gasteiger partial charge is 0.386 e. The summed E-state index contributed by atoms with van der Waals surface area (Å²) >= 11 is 0. The first-order chi connectivity index (χ1) is 3.18. The molecule has 0 aromatic heterocycles. The zero-order chi connectivity index (χ0) is 5.86. The minimum absolute atomic E-state index is 0.278. The second-order valence-electron chi connectivity index (χ2n) is 1.32. The van der Waals surface area contributed by atoms with Gasteiger partial charge in [0.1, 0.15) is 11.9 Å². The molecule has 0 saturated heterocycles. The smallest absolute Gasteiger partial charge is 0.122 e. The fraction of sp³-hybridized carbons (Fsp3) is 0.750. The first-order valence-electron chi connectivity index (χ1n) is 2.08. The van der Waals surface area contributed by atoms with Gasteiger partial charge in [-0.25, -0.2) is 0 Å². The average molecular weight is 102 g/mol. The van der Waals surface area contributed by atoms with Crippen LogP contribution in [0, 0.1) is 0 Å². The molecule has 0 spiro atoms. The van der Waals surface area contributed by atoms with Gasteiger partial charge in [0.2, 0.25) is 0 Å². The molecule has 0 aliphatic heterocycles. The van der Waals surface area contributed by atoms with Gasteiger partial charge in [0.15, 0.2) is 0 Å². The number of rotatable bonds is 1. The predicted octanol–water partition coefficient (Wildman–Crippen LogP) is -0.646. The quantitative estimate of drug-likeness (QED) is 0.341. The molecular formula is C4H10N2O. The molecule has 0 heterocycles. The summed E-state index contributed by atoms with van der Waals surface area (Å²) in [4.78, 5) is 3.53. The van der Waals surface area contributed by atoms with E-state index in [1.165, 1.54) is 0 Å². The van der Waals surface area contributed by atoms with E-state index in [4.69, 9.17) is 10.8 Å². The van der Waals surface area contributed by atoms with Gasteiger partial charge in [0.25, 0.3) is 0 Å². The SMILES string of the molecule is CN=C(N)[C@@H](C)O. The molecule has 3 nitrogen and oxygen atoms in total. The number of hydrogen-bond donors (Lipinski definition) is 2. The highest BCUT2D eigenvalue weighted by Crippen LogP contribution is 1.75. The van der Waals surface area contributed by atoms with Crippen LogP contribution >= 0.6 is 0 Å². The molecule has 3 heteroatoms. The maximum Gasteiger partial charge on any atom is 0.122 e. The number of aliphatic hydroxyl groups excluding tert-OH is 1. The minimum Gasteiger partial charge on any atom is -0.386 e. The third-order valence-electron chi connectivity index (χ3n) is 0.686. The zero-order valence-corrected chi connectivity index (χ0v) is 4.55. The molecule has 7 heavy (non-hydrogen) atoms. The molecule has 1 atom stereocenters. The van der Waals surface area contributed by atoms with Gasteiger partial charge >= 0.3 is 0 Å². The highest BCUT2D eigenvalue weighted by Gasteiger charge is 1.95. The summed E-state index contributed by atoms with van der Waals surface area (Å²) in [5.41, 5.74) is 5.12. The average Bonchev–Trinajstić information content (AvgIpc) is 1.65. The molecule has 0 unspecified atom stereocenters. The van der Waals surface area contributed by atoms with Gasteiger partial charge in [0, 0.05) is 7.05 Å². The molecule has 3 N–H and O–H groups in total. The van der Waals surface area contributed by atoms with Crippen LogP contribution in [0.5, 0.6) is 0 Å². The van der Waals surface area contributed by atoms with Crippen molar-refractivity contribution in [3.63, 3.8) is 0 Å². The summed E-state index contributed by atoms with van der Waals surface area (Å²) < 4.78 is 0. The van der Waals surface area contributed by atoms with E-state index in [-0.39, 0.29) is 5.84 Å². The monoisotopic (exact) mass is 102 g/mol. The molecule has 0 radical (unpaired) electrons. The lowest BCUT2D eigenvalue weighted by Crippen LogP contribution is -2.25. The van der Waals surface area contributed by atoms with Crippen LogP contribution in [0.3, 0.4) is 0 Å². The topological polar surface area (TPSA) is 58.6 Å². The van der Waals surface area contributed by atoms with E-state index in [0.717, 1.165) is 0 Å². The highest BCUT2D eigenvalue weighted by molar-refractivity contribution is 5.83. The Balaban J connectivity index is 3.56. The molecule has 0 aromatic rings. The van der Waals surface area contributed by atoms with Crippen LogP contribution in [0.4, 0.5) is 0 Å². The third-order valence-corrected chi connectivity index (χ3v) is 0.686. The van der Waals surface area contributed by atoms with E-state index in [0.29, 0.717) is 0 Å². The fourth-order valence-corrected chi connectivity index (χ4v) is 0.187. The Kier molecular flexibility index (Phi) is 2.37. The molecule has 0 rings (SSSR count). The van der Waals surface area contributed by atoms with E-state index < -0.39 is 6.10 Å². The highest BCUT2D eigenvalue weighted by atomic mass is 16.3. The summed E-state index contributed by atoms with van der Waals surface area (Å²) in [7, 11) is 1.54. The van der Waals surface area contributed by atoms with Crippen LogP contribution < -0.4 is 5.73 Å². The Labute approximate surface area is 42.9 Å². The van der Waals surface area contributed by atoms with Gasteiger partial charge in [-0.1, -0.05) is 0 Å². The van der Waals surface area contributed by atoms with E-state index in [9.17, 15) is 0 Å². The summed E-state index contributed by atoms with van der Waals surface area (Å²) in [6.07, 6.45) is -0.606. The first-order valence-corrected chi connectivity index (χ1v) is 2.08. The van der Waals surface area contributed by atoms with Crippen LogP contribution in [0.2, 0.25) is 0 Å². The van der Waals surface area contributed by atoms with Gasteiger partial charge in [0.05, 0.1) is 0 Å². The number of hydrogen-bond acceptors (Lipinski definition) is 2. The second-order valence-corrected chi connectivity index (χ2v) is 1.32. The number of aliphatic imine (C=N–C) groups is 1. The van der Waals surface area contributed by atoms with Crippen molar-refractivity contribution in [3.05, 3.63) is 0 Å². The van der Waals surface area contributed by atoms with Crippen molar-refractivity contribution < 1.29 is 5.11 Å². The van der Waals surface area contributed by atoms with Crippen LogP contribution in [0.1, 0.15) is 6.92 Å². The number of nitrogens with zero attached hydrogens (tertiary/aromatic N) is 1. The molecule has 42 valence electrons. The molecule has 0 aliphatic carbocycles. The standard InChI is InChI=1S/C4H10N2O/c1-3(7)4(5)6-2/h3,7H,1-2H3,(H2,5,6)/t3-/m1/s1. The normalized spacial score (nSPS) is 16.7. The first kappa shape index (κ1) is 6.43. The second kappa shape index (κ2) is 2.58. The Morgan fingerprint density at radius 2 is 2.29 bits per heavy atom. The van der Waals surface area contributed by atoms with Crippen LogP contribution in [-0.4, -0.2) is 24.1 Å². The maximum absolute atomic E-state index is 8.57. The molecule has 0 aliphatic rings. The molecule has 0 saturated carbocycles. The van der Waals surface area contributed by atoms with Crippen molar-refractivity contribution in [2.24, 2.45) is 10.7 Å². The lowest BCUT2D eigenvalue weighted by Gasteiger charge is -1.98. The summed E-state index contributed by atoms with van der Waals surface area (Å²) in [6, 6.07) is 0. The number of nitrogens with two attached hydrogens (primary N) is 1. The van der Waals surface area contributed by atoms with E-state index in [1.54, 1.807) is 14.0 Å².